The van der Waals surface area contributed by atoms with E-state index in [-0.39, 0.29) is 0 Å². The molecule has 0 aliphatic heterocycles. The third-order valence-electron chi connectivity index (χ3n) is 2.91. The van der Waals surface area contributed by atoms with Crippen LogP contribution in [0.4, 0.5) is 5.13 Å². The first-order valence-corrected chi connectivity index (χ1v) is 7.06. The van der Waals surface area contributed by atoms with Crippen molar-refractivity contribution in [2.45, 2.75) is 20.4 Å². The van der Waals surface area contributed by atoms with Crippen molar-refractivity contribution in [2.75, 3.05) is 5.32 Å². The minimum absolute atomic E-state index is 0.709. The number of fused-ring (bicyclic) bond motifs is 1. The predicted octanol–water partition coefficient (Wildman–Crippen LogP) is 3.92. The van der Waals surface area contributed by atoms with Gasteiger partial charge in [-0.05, 0) is 43.7 Å². The molecular weight excluding hydrogens is 254 g/mol. The number of aromatic nitrogens is 2. The summed E-state index contributed by atoms with van der Waals surface area (Å²) in [5.41, 5.74) is 4.38. The Hall–Kier alpha value is -1.94. The maximum atomic E-state index is 4.59. The molecule has 0 fully saturated rings. The largest absolute Gasteiger partial charge is 0.356 e. The molecule has 1 N–H and O–H groups in total. The Labute approximate surface area is 116 Å². The van der Waals surface area contributed by atoms with Crippen molar-refractivity contribution in [3.05, 3.63) is 53.3 Å². The molecule has 0 unspecified atom stereocenters. The topological polar surface area (TPSA) is 37.8 Å². The van der Waals surface area contributed by atoms with Gasteiger partial charge in [-0.15, -0.1) is 0 Å². The monoisotopic (exact) mass is 269 g/mol. The van der Waals surface area contributed by atoms with Crippen molar-refractivity contribution < 1.29 is 0 Å². The molecule has 2 aromatic heterocycles. The zero-order valence-corrected chi connectivity index (χ0v) is 11.8. The minimum Gasteiger partial charge on any atom is -0.356 e. The Bertz CT molecular complexity index is 718. The van der Waals surface area contributed by atoms with Crippen LogP contribution in [0.15, 0.2) is 36.4 Å². The van der Waals surface area contributed by atoms with Crippen molar-refractivity contribution in [1.82, 2.24) is 9.97 Å². The van der Waals surface area contributed by atoms with Crippen molar-refractivity contribution in [3.8, 4) is 0 Å². The molecule has 0 saturated heterocycles. The molecule has 0 aliphatic rings. The van der Waals surface area contributed by atoms with Crippen LogP contribution in [0, 0.1) is 13.8 Å². The summed E-state index contributed by atoms with van der Waals surface area (Å²) in [5.74, 6) is 0. The lowest BCUT2D eigenvalue weighted by atomic mass is 10.2. The molecule has 96 valence electrons. The third kappa shape index (κ3) is 2.74. The van der Waals surface area contributed by atoms with Crippen LogP contribution in [0.5, 0.6) is 0 Å². The summed E-state index contributed by atoms with van der Waals surface area (Å²) in [6.45, 7) is 4.80. The molecular formula is C15H15N3S. The molecule has 0 saturated carbocycles. The molecule has 19 heavy (non-hydrogen) atoms. The molecule has 1 aromatic carbocycles. The van der Waals surface area contributed by atoms with E-state index in [1.54, 1.807) is 11.3 Å². The number of thiazole rings is 1. The number of rotatable bonds is 3. The average Bonchev–Trinajstić information content (AvgIpc) is 2.78. The van der Waals surface area contributed by atoms with E-state index in [1.165, 1.54) is 10.3 Å². The van der Waals surface area contributed by atoms with Crippen LogP contribution in [0.3, 0.4) is 0 Å². The summed E-state index contributed by atoms with van der Waals surface area (Å²) in [6, 6.07) is 12.4. The zero-order chi connectivity index (χ0) is 13.2. The number of nitrogens with one attached hydrogen (secondary N) is 1. The van der Waals surface area contributed by atoms with Gasteiger partial charge in [0.15, 0.2) is 5.13 Å². The highest BCUT2D eigenvalue weighted by Gasteiger charge is 2.04. The fourth-order valence-corrected chi connectivity index (χ4v) is 2.82. The molecule has 2 heterocycles. The smallest absolute Gasteiger partial charge is 0.184 e. The van der Waals surface area contributed by atoms with E-state index in [0.717, 1.165) is 22.0 Å². The highest BCUT2D eigenvalue weighted by Crippen LogP contribution is 2.26. The lowest BCUT2D eigenvalue weighted by molar-refractivity contribution is 1.01. The number of aryl methyl sites for hydroxylation is 2. The van der Waals surface area contributed by atoms with Crippen molar-refractivity contribution in [3.63, 3.8) is 0 Å². The minimum atomic E-state index is 0.709. The number of benzene rings is 1. The fourth-order valence-electron chi connectivity index (χ4n) is 1.98. The molecule has 3 rings (SSSR count). The first-order chi connectivity index (χ1) is 9.20. The number of pyridine rings is 1. The maximum Gasteiger partial charge on any atom is 0.184 e. The average molecular weight is 269 g/mol. The zero-order valence-electron chi connectivity index (χ0n) is 11.0. The Morgan fingerprint density at radius 1 is 1.11 bits per heavy atom. The number of hydrogen-bond acceptors (Lipinski definition) is 4. The van der Waals surface area contributed by atoms with Crippen LogP contribution in [-0.2, 0) is 6.54 Å². The maximum absolute atomic E-state index is 4.59. The van der Waals surface area contributed by atoms with E-state index in [0.29, 0.717) is 6.54 Å². The first kappa shape index (κ1) is 12.1. The second kappa shape index (κ2) is 4.97. The summed E-state index contributed by atoms with van der Waals surface area (Å²) in [4.78, 5) is 9.06. The Morgan fingerprint density at radius 2 is 2.00 bits per heavy atom. The van der Waals surface area contributed by atoms with Crippen LogP contribution in [0.25, 0.3) is 10.2 Å². The van der Waals surface area contributed by atoms with Gasteiger partial charge in [0.25, 0.3) is 0 Å². The SMILES string of the molecule is Cc1ccc2sc(NCc3cccc(C)n3)nc2c1. The van der Waals surface area contributed by atoms with Gasteiger partial charge in [-0.3, -0.25) is 4.98 Å². The van der Waals surface area contributed by atoms with E-state index >= 15 is 0 Å². The second-order valence-corrected chi connectivity index (χ2v) is 5.64. The normalized spacial score (nSPS) is 10.8. The van der Waals surface area contributed by atoms with Gasteiger partial charge in [0.05, 0.1) is 22.5 Å². The van der Waals surface area contributed by atoms with Gasteiger partial charge in [-0.2, -0.15) is 0 Å². The van der Waals surface area contributed by atoms with Gasteiger partial charge in [-0.25, -0.2) is 4.98 Å². The second-order valence-electron chi connectivity index (χ2n) is 4.61. The van der Waals surface area contributed by atoms with Crippen LogP contribution >= 0.6 is 11.3 Å². The lowest BCUT2D eigenvalue weighted by Gasteiger charge is -2.02. The molecule has 3 aromatic rings. The summed E-state index contributed by atoms with van der Waals surface area (Å²) in [5, 5.41) is 4.29. The van der Waals surface area contributed by atoms with E-state index in [4.69, 9.17) is 0 Å². The van der Waals surface area contributed by atoms with Gasteiger partial charge in [-0.1, -0.05) is 23.5 Å². The molecule has 0 aliphatic carbocycles. The Morgan fingerprint density at radius 3 is 2.84 bits per heavy atom. The quantitative estimate of drug-likeness (QED) is 0.783. The summed E-state index contributed by atoms with van der Waals surface area (Å²) in [6.07, 6.45) is 0. The van der Waals surface area contributed by atoms with Gasteiger partial charge < -0.3 is 5.32 Å². The first-order valence-electron chi connectivity index (χ1n) is 6.24. The highest BCUT2D eigenvalue weighted by molar-refractivity contribution is 7.22. The standard InChI is InChI=1S/C15H15N3S/c1-10-6-7-14-13(8-10)18-15(19-14)16-9-12-5-3-4-11(2)17-12/h3-8H,9H2,1-2H3,(H,16,18). The summed E-state index contributed by atoms with van der Waals surface area (Å²) >= 11 is 1.68. The van der Waals surface area contributed by atoms with Crippen LogP contribution in [0.1, 0.15) is 17.0 Å². The van der Waals surface area contributed by atoms with E-state index in [9.17, 15) is 0 Å². The molecule has 4 heteroatoms. The predicted molar refractivity (Wildman–Crippen MR) is 80.7 cm³/mol. The fraction of sp³-hybridized carbons (Fsp3) is 0.200. The highest BCUT2D eigenvalue weighted by atomic mass is 32.1. The summed E-state index contributed by atoms with van der Waals surface area (Å²) in [7, 11) is 0. The van der Waals surface area contributed by atoms with Crippen LogP contribution in [0.2, 0.25) is 0 Å². The van der Waals surface area contributed by atoms with E-state index < -0.39 is 0 Å². The molecule has 0 amide bonds. The number of hydrogen-bond donors (Lipinski definition) is 1. The van der Waals surface area contributed by atoms with Gasteiger partial charge in [0.2, 0.25) is 0 Å². The number of anilines is 1. The summed E-state index contributed by atoms with van der Waals surface area (Å²) < 4.78 is 1.21. The molecule has 0 spiro atoms. The Balaban J connectivity index is 1.78. The van der Waals surface area contributed by atoms with Crippen LogP contribution in [-0.4, -0.2) is 9.97 Å². The van der Waals surface area contributed by atoms with Gasteiger partial charge >= 0.3 is 0 Å². The lowest BCUT2D eigenvalue weighted by Crippen LogP contribution is -2.01. The molecule has 0 bridgehead atoms. The molecule has 0 radical (unpaired) electrons. The van der Waals surface area contributed by atoms with E-state index in [1.807, 2.05) is 25.1 Å². The van der Waals surface area contributed by atoms with Gasteiger partial charge in [0, 0.05) is 5.69 Å². The van der Waals surface area contributed by atoms with Crippen molar-refractivity contribution in [2.24, 2.45) is 0 Å². The third-order valence-corrected chi connectivity index (χ3v) is 3.90. The Kier molecular flexibility index (Phi) is 3.17. The van der Waals surface area contributed by atoms with Crippen molar-refractivity contribution >= 4 is 26.7 Å². The molecule has 3 nitrogen and oxygen atoms in total. The van der Waals surface area contributed by atoms with Crippen molar-refractivity contribution in [1.29, 1.82) is 0 Å². The number of nitrogens with zero attached hydrogens (tertiary/aromatic N) is 2. The van der Waals surface area contributed by atoms with Crippen LogP contribution < -0.4 is 5.32 Å². The van der Waals surface area contributed by atoms with Gasteiger partial charge in [0.1, 0.15) is 0 Å². The molecule has 0 atom stereocenters. The van der Waals surface area contributed by atoms with E-state index in [2.05, 4.69) is 40.4 Å².